The first-order valence-electron chi connectivity index (χ1n) is 6.36. The van der Waals surface area contributed by atoms with Crippen LogP contribution in [0.3, 0.4) is 0 Å². The van der Waals surface area contributed by atoms with E-state index in [9.17, 15) is 17.6 Å². The molecule has 5 heteroatoms. The Morgan fingerprint density at radius 2 is 1.71 bits per heavy atom. The number of hydrogen-bond donors (Lipinski definition) is 1. The fourth-order valence-corrected chi connectivity index (χ4v) is 2.40. The van der Waals surface area contributed by atoms with Crippen LogP contribution in [0.15, 0.2) is 48.5 Å². The summed E-state index contributed by atoms with van der Waals surface area (Å²) in [6, 6.07) is 12.0. The first-order chi connectivity index (χ1) is 9.93. The zero-order valence-corrected chi connectivity index (χ0v) is 10.8. The van der Waals surface area contributed by atoms with Crippen molar-refractivity contribution in [3.8, 4) is 0 Å². The SMILES string of the molecule is Fc1ccc(Cc2cc3ccccc3[nH]2)c(C(F)(F)F)c1. The fourth-order valence-electron chi connectivity index (χ4n) is 2.40. The molecule has 0 aliphatic heterocycles. The van der Waals surface area contributed by atoms with Crippen LogP contribution in [0.1, 0.15) is 16.8 Å². The highest BCUT2D eigenvalue weighted by molar-refractivity contribution is 5.80. The summed E-state index contributed by atoms with van der Waals surface area (Å²) in [5.74, 6) is -0.886. The third-order valence-corrected chi connectivity index (χ3v) is 3.34. The number of aromatic nitrogens is 1. The Kier molecular flexibility index (Phi) is 3.20. The van der Waals surface area contributed by atoms with Crippen LogP contribution in [0.25, 0.3) is 10.9 Å². The summed E-state index contributed by atoms with van der Waals surface area (Å²) >= 11 is 0. The molecule has 3 aromatic rings. The van der Waals surface area contributed by atoms with Crippen molar-refractivity contribution in [3.05, 3.63) is 71.2 Å². The number of para-hydroxylation sites is 1. The lowest BCUT2D eigenvalue weighted by Gasteiger charge is -2.12. The monoisotopic (exact) mass is 293 g/mol. The number of rotatable bonds is 2. The van der Waals surface area contributed by atoms with Gasteiger partial charge in [0, 0.05) is 17.6 Å². The average Bonchev–Trinajstić information content (AvgIpc) is 2.82. The van der Waals surface area contributed by atoms with Crippen molar-refractivity contribution in [2.24, 2.45) is 0 Å². The Labute approximate surface area is 118 Å². The molecule has 0 unspecified atom stereocenters. The van der Waals surface area contributed by atoms with E-state index in [2.05, 4.69) is 4.98 Å². The van der Waals surface area contributed by atoms with Crippen LogP contribution in [0.5, 0.6) is 0 Å². The first-order valence-corrected chi connectivity index (χ1v) is 6.36. The van der Waals surface area contributed by atoms with Crippen molar-refractivity contribution in [1.82, 2.24) is 4.98 Å². The van der Waals surface area contributed by atoms with Crippen LogP contribution in [0.4, 0.5) is 17.6 Å². The summed E-state index contributed by atoms with van der Waals surface area (Å²) < 4.78 is 52.0. The van der Waals surface area contributed by atoms with E-state index < -0.39 is 17.6 Å². The standard InChI is InChI=1S/C16H11F4N/c17-12-6-5-10(14(9-12)16(18,19)20)7-13-8-11-3-1-2-4-15(11)21-13/h1-6,8-9,21H,7H2. The molecule has 21 heavy (non-hydrogen) atoms. The summed E-state index contributed by atoms with van der Waals surface area (Å²) in [4.78, 5) is 3.08. The molecule has 0 saturated heterocycles. The number of halogens is 4. The zero-order valence-electron chi connectivity index (χ0n) is 10.8. The average molecular weight is 293 g/mol. The van der Waals surface area contributed by atoms with Crippen LogP contribution in [0.2, 0.25) is 0 Å². The van der Waals surface area contributed by atoms with Crippen LogP contribution in [0, 0.1) is 5.82 Å². The highest BCUT2D eigenvalue weighted by Crippen LogP contribution is 2.33. The van der Waals surface area contributed by atoms with E-state index in [1.54, 1.807) is 6.07 Å². The van der Waals surface area contributed by atoms with Crippen molar-refractivity contribution in [3.63, 3.8) is 0 Å². The number of hydrogen-bond acceptors (Lipinski definition) is 0. The number of fused-ring (bicyclic) bond motifs is 1. The molecule has 0 bridgehead atoms. The maximum Gasteiger partial charge on any atom is 0.416 e. The van der Waals surface area contributed by atoms with Crippen LogP contribution >= 0.6 is 0 Å². The van der Waals surface area contributed by atoms with Gasteiger partial charge in [-0.05, 0) is 35.2 Å². The van der Waals surface area contributed by atoms with Gasteiger partial charge in [-0.15, -0.1) is 0 Å². The zero-order chi connectivity index (χ0) is 15.0. The molecule has 1 heterocycles. The maximum absolute atomic E-state index is 13.1. The summed E-state index contributed by atoms with van der Waals surface area (Å²) in [5.41, 5.74) is 0.646. The van der Waals surface area contributed by atoms with Gasteiger partial charge in [-0.25, -0.2) is 4.39 Å². The Balaban J connectivity index is 2.01. The number of H-pyrrole nitrogens is 1. The minimum absolute atomic E-state index is 0.0513. The maximum atomic E-state index is 13.1. The third-order valence-electron chi connectivity index (χ3n) is 3.34. The number of aromatic amines is 1. The molecule has 0 spiro atoms. The second kappa shape index (κ2) is 4.91. The fraction of sp³-hybridized carbons (Fsp3) is 0.125. The molecule has 0 aliphatic carbocycles. The van der Waals surface area contributed by atoms with E-state index in [1.807, 2.05) is 24.3 Å². The van der Waals surface area contributed by atoms with Gasteiger partial charge in [0.25, 0.3) is 0 Å². The van der Waals surface area contributed by atoms with E-state index in [1.165, 1.54) is 6.07 Å². The molecule has 1 aromatic heterocycles. The minimum atomic E-state index is -4.57. The lowest BCUT2D eigenvalue weighted by Crippen LogP contribution is -2.10. The summed E-state index contributed by atoms with van der Waals surface area (Å²) in [6.45, 7) is 0. The molecule has 0 radical (unpaired) electrons. The molecule has 0 aliphatic rings. The van der Waals surface area contributed by atoms with Gasteiger partial charge in [0.1, 0.15) is 5.82 Å². The molecule has 0 atom stereocenters. The van der Waals surface area contributed by atoms with E-state index in [4.69, 9.17) is 0 Å². The van der Waals surface area contributed by atoms with Crippen molar-refractivity contribution in [2.45, 2.75) is 12.6 Å². The van der Waals surface area contributed by atoms with Crippen LogP contribution in [-0.4, -0.2) is 4.98 Å². The molecule has 108 valence electrons. The van der Waals surface area contributed by atoms with E-state index in [0.717, 1.165) is 17.0 Å². The number of benzene rings is 2. The number of nitrogens with one attached hydrogen (secondary N) is 1. The molecular weight excluding hydrogens is 282 g/mol. The quantitative estimate of drug-likeness (QED) is 0.646. The highest BCUT2D eigenvalue weighted by atomic mass is 19.4. The Hall–Kier alpha value is -2.30. The van der Waals surface area contributed by atoms with Gasteiger partial charge < -0.3 is 4.98 Å². The second-order valence-corrected chi connectivity index (χ2v) is 4.86. The van der Waals surface area contributed by atoms with Gasteiger partial charge in [-0.2, -0.15) is 13.2 Å². The van der Waals surface area contributed by atoms with Crippen LogP contribution in [-0.2, 0) is 12.6 Å². The summed E-state index contributed by atoms with van der Waals surface area (Å²) in [5, 5.41) is 0.933. The molecule has 3 rings (SSSR count). The summed E-state index contributed by atoms with van der Waals surface area (Å²) in [7, 11) is 0. The van der Waals surface area contributed by atoms with Gasteiger partial charge in [0.2, 0.25) is 0 Å². The van der Waals surface area contributed by atoms with Crippen molar-refractivity contribution < 1.29 is 17.6 Å². The Morgan fingerprint density at radius 1 is 0.952 bits per heavy atom. The predicted octanol–water partition coefficient (Wildman–Crippen LogP) is 4.92. The predicted molar refractivity (Wildman–Crippen MR) is 72.5 cm³/mol. The van der Waals surface area contributed by atoms with Gasteiger partial charge in [-0.1, -0.05) is 24.3 Å². The highest BCUT2D eigenvalue weighted by Gasteiger charge is 2.33. The Morgan fingerprint density at radius 3 is 2.43 bits per heavy atom. The molecule has 0 fully saturated rings. The van der Waals surface area contributed by atoms with Gasteiger partial charge in [0.05, 0.1) is 5.56 Å². The molecule has 1 N–H and O–H groups in total. The lowest BCUT2D eigenvalue weighted by molar-refractivity contribution is -0.138. The molecule has 0 saturated carbocycles. The normalized spacial score (nSPS) is 12.0. The smallest absolute Gasteiger partial charge is 0.358 e. The lowest BCUT2D eigenvalue weighted by atomic mass is 10.0. The molecule has 2 aromatic carbocycles. The summed E-state index contributed by atoms with van der Waals surface area (Å²) in [6.07, 6.45) is -4.49. The molecular formula is C16H11F4N. The molecule has 1 nitrogen and oxygen atoms in total. The van der Waals surface area contributed by atoms with Crippen LogP contribution < -0.4 is 0 Å². The van der Waals surface area contributed by atoms with E-state index in [0.29, 0.717) is 11.8 Å². The third kappa shape index (κ3) is 2.77. The van der Waals surface area contributed by atoms with Crippen molar-refractivity contribution in [1.29, 1.82) is 0 Å². The minimum Gasteiger partial charge on any atom is -0.358 e. The van der Waals surface area contributed by atoms with E-state index in [-0.39, 0.29) is 12.0 Å². The van der Waals surface area contributed by atoms with Gasteiger partial charge >= 0.3 is 6.18 Å². The van der Waals surface area contributed by atoms with E-state index >= 15 is 0 Å². The Bertz CT molecular complexity index is 753. The topological polar surface area (TPSA) is 15.8 Å². The molecule has 0 amide bonds. The van der Waals surface area contributed by atoms with Crippen molar-refractivity contribution >= 4 is 10.9 Å². The second-order valence-electron chi connectivity index (χ2n) is 4.86. The first kappa shape index (κ1) is 13.7. The van der Waals surface area contributed by atoms with Gasteiger partial charge in [-0.3, -0.25) is 0 Å². The number of alkyl halides is 3. The van der Waals surface area contributed by atoms with Crippen molar-refractivity contribution in [2.75, 3.05) is 0 Å². The largest absolute Gasteiger partial charge is 0.416 e. The van der Waals surface area contributed by atoms with Gasteiger partial charge in [0.15, 0.2) is 0 Å².